The highest BCUT2D eigenvalue weighted by molar-refractivity contribution is 7.99. The normalized spacial score (nSPS) is 14.6. The average molecular weight is 419 g/mol. The molecular weight excluding hydrogens is 396 g/mol. The molecule has 0 saturated heterocycles. The molecule has 1 aliphatic rings. The molecule has 0 radical (unpaired) electrons. The van der Waals surface area contributed by atoms with Crippen LogP contribution in [0.2, 0.25) is 5.02 Å². The molecule has 8 heteroatoms. The second-order valence-electron chi connectivity index (χ2n) is 6.92. The lowest BCUT2D eigenvalue weighted by atomic mass is 9.89. The molecule has 0 bridgehead atoms. The average Bonchev–Trinajstić information content (AvgIpc) is 3.19. The Morgan fingerprint density at radius 2 is 2.14 bits per heavy atom. The molecule has 1 fully saturated rings. The van der Waals surface area contributed by atoms with E-state index in [9.17, 15) is 4.79 Å². The number of benzene rings is 1. The van der Waals surface area contributed by atoms with Crippen LogP contribution in [0.3, 0.4) is 0 Å². The molecule has 1 aliphatic carbocycles. The van der Waals surface area contributed by atoms with Gasteiger partial charge in [-0.05, 0) is 43.5 Å². The van der Waals surface area contributed by atoms with Gasteiger partial charge in [0.15, 0.2) is 0 Å². The highest BCUT2D eigenvalue weighted by atomic mass is 35.5. The van der Waals surface area contributed by atoms with Gasteiger partial charge < -0.3 is 9.32 Å². The predicted molar refractivity (Wildman–Crippen MR) is 110 cm³/mol. The van der Waals surface area contributed by atoms with Gasteiger partial charge in [0.25, 0.3) is 5.22 Å². The monoisotopic (exact) mass is 418 g/mol. The van der Waals surface area contributed by atoms with Gasteiger partial charge in [-0.2, -0.15) is 5.26 Å². The number of halogens is 1. The molecule has 1 amide bonds. The van der Waals surface area contributed by atoms with Crippen LogP contribution < -0.4 is 4.90 Å². The Kier molecular flexibility index (Phi) is 7.35. The van der Waals surface area contributed by atoms with Crippen LogP contribution in [0.15, 0.2) is 27.8 Å². The highest BCUT2D eigenvalue weighted by Crippen LogP contribution is 2.33. The third-order valence-electron chi connectivity index (χ3n) is 4.90. The molecule has 3 rings (SSSR count). The quantitative estimate of drug-likeness (QED) is 0.580. The summed E-state index contributed by atoms with van der Waals surface area (Å²) >= 11 is 7.33. The number of nitrogens with zero attached hydrogens (tertiary/aromatic N) is 4. The molecule has 1 aromatic carbocycles. The van der Waals surface area contributed by atoms with E-state index in [1.54, 1.807) is 17.0 Å². The Morgan fingerprint density at radius 3 is 2.86 bits per heavy atom. The summed E-state index contributed by atoms with van der Waals surface area (Å²) in [4.78, 5) is 14.4. The smallest absolute Gasteiger partial charge is 0.277 e. The number of aromatic nitrogens is 2. The zero-order chi connectivity index (χ0) is 19.9. The van der Waals surface area contributed by atoms with E-state index in [0.717, 1.165) is 24.1 Å². The van der Waals surface area contributed by atoms with Gasteiger partial charge in [0, 0.05) is 23.2 Å². The largest absolute Gasteiger partial charge is 0.416 e. The maximum absolute atomic E-state index is 12.8. The molecule has 148 valence electrons. The van der Waals surface area contributed by atoms with E-state index >= 15 is 0 Å². The van der Waals surface area contributed by atoms with Crippen molar-refractivity contribution in [2.75, 3.05) is 17.2 Å². The molecule has 1 saturated carbocycles. The number of rotatable bonds is 7. The van der Waals surface area contributed by atoms with Gasteiger partial charge in [0.05, 0.1) is 18.2 Å². The molecule has 0 aliphatic heterocycles. The summed E-state index contributed by atoms with van der Waals surface area (Å²) in [6.45, 7) is 2.22. The van der Waals surface area contributed by atoms with Crippen LogP contribution in [0.1, 0.15) is 55.9 Å². The number of hydrogen-bond acceptors (Lipinski definition) is 6. The summed E-state index contributed by atoms with van der Waals surface area (Å²) < 4.78 is 5.78. The Hall–Kier alpha value is -2.04. The Labute approximate surface area is 174 Å². The van der Waals surface area contributed by atoms with Gasteiger partial charge in [0.1, 0.15) is 0 Å². The number of thioether (sulfide) groups is 1. The van der Waals surface area contributed by atoms with Gasteiger partial charge in [-0.25, -0.2) is 0 Å². The number of nitriles is 1. The molecule has 1 aromatic heterocycles. The minimum Gasteiger partial charge on any atom is -0.416 e. The van der Waals surface area contributed by atoms with E-state index in [4.69, 9.17) is 21.3 Å². The number of hydrogen-bond donors (Lipinski definition) is 0. The van der Waals surface area contributed by atoms with E-state index in [0.29, 0.717) is 28.6 Å². The van der Waals surface area contributed by atoms with Crippen LogP contribution >= 0.6 is 23.4 Å². The Balaban J connectivity index is 1.64. The molecular formula is C20H23ClN4O2S. The standard InChI is InChI=1S/C20H23ClN4O2S/c1-14-12-16(8-9-17(14)21)25(11-5-10-22)18(26)13-28-20-24-23-19(27-20)15-6-3-2-4-7-15/h8-9,12,15H,2-7,11,13H2,1H3. The first-order valence-corrected chi connectivity index (χ1v) is 10.8. The van der Waals surface area contributed by atoms with E-state index in [1.807, 2.05) is 13.0 Å². The zero-order valence-electron chi connectivity index (χ0n) is 15.9. The first-order chi connectivity index (χ1) is 13.6. The summed E-state index contributed by atoms with van der Waals surface area (Å²) in [6.07, 6.45) is 6.09. The molecule has 6 nitrogen and oxygen atoms in total. The van der Waals surface area contributed by atoms with Crippen LogP contribution in [0, 0.1) is 18.3 Å². The maximum Gasteiger partial charge on any atom is 0.277 e. The van der Waals surface area contributed by atoms with E-state index in [1.165, 1.54) is 31.0 Å². The zero-order valence-corrected chi connectivity index (χ0v) is 17.4. The van der Waals surface area contributed by atoms with Crippen LogP contribution in [0.5, 0.6) is 0 Å². The summed E-state index contributed by atoms with van der Waals surface area (Å²) in [6, 6.07) is 7.51. The van der Waals surface area contributed by atoms with Crippen molar-refractivity contribution in [3.63, 3.8) is 0 Å². The fourth-order valence-corrected chi connectivity index (χ4v) is 4.11. The van der Waals surface area contributed by atoms with Crippen molar-refractivity contribution in [1.82, 2.24) is 10.2 Å². The van der Waals surface area contributed by atoms with E-state index < -0.39 is 0 Å². The van der Waals surface area contributed by atoms with Crippen molar-refractivity contribution in [1.29, 1.82) is 5.26 Å². The molecule has 28 heavy (non-hydrogen) atoms. The second kappa shape index (κ2) is 9.94. The van der Waals surface area contributed by atoms with Crippen molar-refractivity contribution in [2.45, 2.75) is 56.6 Å². The summed E-state index contributed by atoms with van der Waals surface area (Å²) in [5.41, 5.74) is 1.62. The van der Waals surface area contributed by atoms with Crippen LogP contribution in [0.4, 0.5) is 5.69 Å². The summed E-state index contributed by atoms with van der Waals surface area (Å²) in [5, 5.41) is 18.3. The van der Waals surface area contributed by atoms with Crippen LogP contribution in [-0.2, 0) is 4.79 Å². The van der Waals surface area contributed by atoms with Crippen molar-refractivity contribution in [3.05, 3.63) is 34.7 Å². The first kappa shape index (κ1) is 20.7. The van der Waals surface area contributed by atoms with Crippen molar-refractivity contribution in [2.24, 2.45) is 0 Å². The molecule has 0 N–H and O–H groups in total. The number of anilines is 1. The first-order valence-electron chi connectivity index (χ1n) is 9.48. The van der Waals surface area contributed by atoms with Crippen molar-refractivity contribution < 1.29 is 9.21 Å². The minimum atomic E-state index is -0.112. The Morgan fingerprint density at radius 1 is 1.36 bits per heavy atom. The fraction of sp³-hybridized carbons (Fsp3) is 0.500. The third-order valence-corrected chi connectivity index (χ3v) is 6.12. The van der Waals surface area contributed by atoms with Gasteiger partial charge >= 0.3 is 0 Å². The minimum absolute atomic E-state index is 0.112. The lowest BCUT2D eigenvalue weighted by Gasteiger charge is -2.22. The van der Waals surface area contributed by atoms with Gasteiger partial charge in [-0.15, -0.1) is 10.2 Å². The lowest BCUT2D eigenvalue weighted by Crippen LogP contribution is -2.33. The highest BCUT2D eigenvalue weighted by Gasteiger charge is 2.22. The lowest BCUT2D eigenvalue weighted by molar-refractivity contribution is -0.116. The maximum atomic E-state index is 12.8. The SMILES string of the molecule is Cc1cc(N(CCC#N)C(=O)CSc2nnc(C3CCCCC3)o2)ccc1Cl. The molecule has 0 unspecified atom stereocenters. The topological polar surface area (TPSA) is 83.0 Å². The molecule has 1 heterocycles. The van der Waals surface area contributed by atoms with Gasteiger partial charge in [-0.3, -0.25) is 4.79 Å². The van der Waals surface area contributed by atoms with Gasteiger partial charge in [-0.1, -0.05) is 42.6 Å². The number of aryl methyl sites for hydroxylation is 1. The third kappa shape index (κ3) is 5.27. The Bertz CT molecular complexity index is 858. The van der Waals surface area contributed by atoms with Crippen molar-refractivity contribution >= 4 is 35.0 Å². The predicted octanol–water partition coefficient (Wildman–Crippen LogP) is 5.12. The molecule has 2 aromatic rings. The van der Waals surface area contributed by atoms with E-state index in [-0.39, 0.29) is 18.1 Å². The van der Waals surface area contributed by atoms with Crippen molar-refractivity contribution in [3.8, 4) is 6.07 Å². The van der Waals surface area contributed by atoms with E-state index in [2.05, 4.69) is 16.3 Å². The molecule has 0 atom stereocenters. The number of amides is 1. The number of carbonyl (C=O) groups is 1. The van der Waals surface area contributed by atoms with Crippen LogP contribution in [-0.4, -0.2) is 28.4 Å². The van der Waals surface area contributed by atoms with Crippen LogP contribution in [0.25, 0.3) is 0 Å². The summed E-state index contributed by atoms with van der Waals surface area (Å²) in [5.74, 6) is 1.08. The summed E-state index contributed by atoms with van der Waals surface area (Å²) in [7, 11) is 0. The molecule has 0 spiro atoms. The fourth-order valence-electron chi connectivity index (χ4n) is 3.35. The second-order valence-corrected chi connectivity index (χ2v) is 8.25. The number of carbonyl (C=O) groups excluding carboxylic acids is 1. The van der Waals surface area contributed by atoms with Gasteiger partial charge in [0.2, 0.25) is 11.8 Å².